The molecule has 5 nitrogen and oxygen atoms in total. The summed E-state index contributed by atoms with van der Waals surface area (Å²) in [6.07, 6.45) is 1.66. The number of ether oxygens (including phenoxy) is 1. The normalized spacial score (nSPS) is 14.7. The fourth-order valence-electron chi connectivity index (χ4n) is 3.29. The van der Waals surface area contributed by atoms with Crippen LogP contribution in [0.15, 0.2) is 81.4 Å². The Morgan fingerprint density at radius 1 is 0.938 bits per heavy atom. The average Bonchev–Trinajstić information content (AvgIpc) is 3.02. The number of nitrogens with zero attached hydrogens (tertiary/aromatic N) is 1. The van der Waals surface area contributed by atoms with E-state index in [0.29, 0.717) is 12.4 Å². The first kappa shape index (κ1) is 22.3. The summed E-state index contributed by atoms with van der Waals surface area (Å²) >= 11 is 7.10. The van der Waals surface area contributed by atoms with Gasteiger partial charge in [0.1, 0.15) is 18.1 Å². The zero-order valence-corrected chi connectivity index (χ0v) is 20.4. The Bertz CT molecular complexity index is 1170. The molecule has 0 aromatic heterocycles. The van der Waals surface area contributed by atoms with Crippen LogP contribution in [0, 0.1) is 6.92 Å². The highest BCUT2D eigenvalue weighted by Gasteiger charge is 2.33. The lowest BCUT2D eigenvalue weighted by atomic mass is 10.1. The first-order valence-corrected chi connectivity index (χ1v) is 11.5. The van der Waals surface area contributed by atoms with Crippen LogP contribution in [0.2, 0.25) is 0 Å². The zero-order chi connectivity index (χ0) is 22.7. The zero-order valence-electron chi connectivity index (χ0n) is 17.3. The van der Waals surface area contributed by atoms with Gasteiger partial charge in [-0.15, -0.1) is 0 Å². The Labute approximate surface area is 203 Å². The van der Waals surface area contributed by atoms with Crippen molar-refractivity contribution in [2.75, 3.05) is 0 Å². The van der Waals surface area contributed by atoms with Crippen molar-refractivity contribution in [3.63, 3.8) is 0 Å². The van der Waals surface area contributed by atoms with Crippen LogP contribution in [0.3, 0.4) is 0 Å². The van der Waals surface area contributed by atoms with Gasteiger partial charge >= 0.3 is 6.03 Å². The molecule has 0 radical (unpaired) electrons. The fourth-order valence-corrected chi connectivity index (χ4v) is 4.74. The van der Waals surface area contributed by atoms with Crippen LogP contribution in [0.25, 0.3) is 6.08 Å². The largest absolute Gasteiger partial charge is 0.487 e. The molecule has 1 saturated heterocycles. The van der Waals surface area contributed by atoms with Gasteiger partial charge in [0.2, 0.25) is 0 Å². The Morgan fingerprint density at radius 2 is 1.59 bits per heavy atom. The van der Waals surface area contributed by atoms with E-state index in [9.17, 15) is 9.59 Å². The van der Waals surface area contributed by atoms with Crippen LogP contribution < -0.4 is 10.1 Å². The first-order valence-electron chi connectivity index (χ1n) is 9.96. The molecule has 0 aliphatic carbocycles. The van der Waals surface area contributed by atoms with Gasteiger partial charge in [0.25, 0.3) is 5.91 Å². The number of amides is 3. The van der Waals surface area contributed by atoms with Crippen LogP contribution >= 0.6 is 31.9 Å². The number of imide groups is 1. The van der Waals surface area contributed by atoms with Crippen molar-refractivity contribution < 1.29 is 14.3 Å². The van der Waals surface area contributed by atoms with Crippen LogP contribution in [-0.4, -0.2) is 16.8 Å². The van der Waals surface area contributed by atoms with Gasteiger partial charge in [0.05, 0.1) is 15.5 Å². The molecule has 32 heavy (non-hydrogen) atoms. The molecule has 7 heteroatoms. The van der Waals surface area contributed by atoms with Gasteiger partial charge in [-0.2, -0.15) is 0 Å². The standard InChI is InChI=1S/C25H20Br2N2O3/c1-16-7-9-18(10-8-16)15-32-23-20(26)11-19(12-21(23)27)13-22-24(30)29(25(31)28-22)14-17-5-3-2-4-6-17/h2-13H,14-15H2,1H3,(H,28,31)/b22-13+. The topological polar surface area (TPSA) is 58.6 Å². The molecule has 1 N–H and O–H groups in total. The van der Waals surface area contributed by atoms with Crippen LogP contribution in [-0.2, 0) is 17.9 Å². The van der Waals surface area contributed by atoms with Crippen LogP contribution in [0.1, 0.15) is 22.3 Å². The van der Waals surface area contributed by atoms with Crippen molar-refractivity contribution in [2.24, 2.45) is 0 Å². The monoisotopic (exact) mass is 554 g/mol. The Balaban J connectivity index is 1.49. The predicted octanol–water partition coefficient (Wildman–Crippen LogP) is 6.19. The molecule has 1 aliphatic heterocycles. The summed E-state index contributed by atoms with van der Waals surface area (Å²) in [4.78, 5) is 26.3. The summed E-state index contributed by atoms with van der Waals surface area (Å²) in [6, 6.07) is 20.8. The van der Waals surface area contributed by atoms with E-state index < -0.39 is 6.03 Å². The van der Waals surface area contributed by atoms with Crippen molar-refractivity contribution in [1.29, 1.82) is 0 Å². The quantitative estimate of drug-likeness (QED) is 0.291. The Kier molecular flexibility index (Phi) is 6.77. The Hall–Kier alpha value is -2.90. The molecule has 0 spiro atoms. The van der Waals surface area contributed by atoms with Crippen LogP contribution in [0.5, 0.6) is 5.75 Å². The lowest BCUT2D eigenvalue weighted by Crippen LogP contribution is -2.30. The van der Waals surface area contributed by atoms with Gasteiger partial charge in [-0.3, -0.25) is 9.69 Å². The smallest absolute Gasteiger partial charge is 0.329 e. The molecule has 4 rings (SSSR count). The summed E-state index contributed by atoms with van der Waals surface area (Å²) in [5.74, 6) is 0.311. The maximum absolute atomic E-state index is 12.8. The molecule has 1 heterocycles. The highest BCUT2D eigenvalue weighted by atomic mass is 79.9. The summed E-state index contributed by atoms with van der Waals surface area (Å²) in [5.41, 5.74) is 4.13. The SMILES string of the molecule is Cc1ccc(COc2c(Br)cc(/C=C3/NC(=O)N(Cc4ccccc4)C3=O)cc2Br)cc1. The van der Waals surface area contributed by atoms with Gasteiger partial charge in [0.15, 0.2) is 0 Å². The number of nitrogens with one attached hydrogen (secondary N) is 1. The molecule has 3 aromatic rings. The van der Waals surface area contributed by atoms with Crippen molar-refractivity contribution in [3.8, 4) is 5.75 Å². The van der Waals surface area contributed by atoms with E-state index in [0.717, 1.165) is 25.6 Å². The summed E-state index contributed by atoms with van der Waals surface area (Å²) < 4.78 is 7.46. The maximum atomic E-state index is 12.8. The second-order valence-corrected chi connectivity index (χ2v) is 9.16. The van der Waals surface area contributed by atoms with Crippen LogP contribution in [0.4, 0.5) is 4.79 Å². The van der Waals surface area contributed by atoms with Gasteiger partial charge in [-0.05, 0) is 73.7 Å². The number of aryl methyl sites for hydroxylation is 1. The minimum Gasteiger partial charge on any atom is -0.487 e. The number of benzene rings is 3. The molecule has 162 valence electrons. The number of carbonyl (C=O) groups is 2. The summed E-state index contributed by atoms with van der Waals surface area (Å²) in [7, 11) is 0. The van der Waals surface area contributed by atoms with Crippen molar-refractivity contribution in [2.45, 2.75) is 20.1 Å². The number of halogens is 2. The molecule has 1 aliphatic rings. The minimum atomic E-state index is -0.429. The van der Waals surface area contributed by atoms with Gasteiger partial charge in [-0.1, -0.05) is 60.2 Å². The molecule has 0 atom stereocenters. The molecule has 0 bridgehead atoms. The third-order valence-electron chi connectivity index (χ3n) is 4.98. The van der Waals surface area contributed by atoms with E-state index in [4.69, 9.17) is 4.74 Å². The van der Waals surface area contributed by atoms with E-state index in [-0.39, 0.29) is 18.1 Å². The number of hydrogen-bond acceptors (Lipinski definition) is 3. The minimum absolute atomic E-state index is 0.224. The number of rotatable bonds is 6. The van der Waals surface area contributed by atoms with Crippen molar-refractivity contribution in [1.82, 2.24) is 10.2 Å². The number of urea groups is 1. The van der Waals surface area contributed by atoms with Gasteiger partial charge in [-0.25, -0.2) is 4.79 Å². The molecule has 3 aromatic carbocycles. The van der Waals surface area contributed by atoms with Crippen molar-refractivity contribution in [3.05, 3.63) is 104 Å². The molecule has 3 amide bonds. The second-order valence-electron chi connectivity index (χ2n) is 7.45. The molecular weight excluding hydrogens is 536 g/mol. The van der Waals surface area contributed by atoms with Gasteiger partial charge in [0, 0.05) is 0 Å². The van der Waals surface area contributed by atoms with E-state index in [1.807, 2.05) is 73.7 Å². The lowest BCUT2D eigenvalue weighted by Gasteiger charge is -2.12. The molecule has 0 saturated carbocycles. The van der Waals surface area contributed by atoms with Crippen molar-refractivity contribution >= 4 is 49.9 Å². The van der Waals surface area contributed by atoms with E-state index in [2.05, 4.69) is 37.2 Å². The van der Waals surface area contributed by atoms with E-state index >= 15 is 0 Å². The fraction of sp³-hybridized carbons (Fsp3) is 0.120. The average molecular weight is 556 g/mol. The van der Waals surface area contributed by atoms with E-state index in [1.54, 1.807) is 6.08 Å². The Morgan fingerprint density at radius 3 is 2.25 bits per heavy atom. The molecule has 1 fully saturated rings. The maximum Gasteiger partial charge on any atom is 0.329 e. The number of hydrogen-bond donors (Lipinski definition) is 1. The molecule has 0 unspecified atom stereocenters. The third-order valence-corrected chi connectivity index (χ3v) is 6.16. The highest BCUT2D eigenvalue weighted by molar-refractivity contribution is 9.11. The second kappa shape index (κ2) is 9.71. The summed E-state index contributed by atoms with van der Waals surface area (Å²) in [6.45, 7) is 2.70. The highest BCUT2D eigenvalue weighted by Crippen LogP contribution is 2.36. The summed E-state index contributed by atoms with van der Waals surface area (Å²) in [5, 5.41) is 2.66. The van der Waals surface area contributed by atoms with E-state index in [1.165, 1.54) is 10.5 Å². The predicted molar refractivity (Wildman–Crippen MR) is 131 cm³/mol. The third kappa shape index (κ3) is 5.11. The number of carbonyl (C=O) groups excluding carboxylic acids is 2. The molecular formula is C25H20Br2N2O3. The van der Waals surface area contributed by atoms with Gasteiger partial charge < -0.3 is 10.1 Å². The first-order chi connectivity index (χ1) is 15.4. The lowest BCUT2D eigenvalue weighted by molar-refractivity contribution is -0.123.